The molecule has 0 radical (unpaired) electrons. The Kier molecular flexibility index (Phi) is 3.18. The summed E-state index contributed by atoms with van der Waals surface area (Å²) in [6.07, 6.45) is 0.984. The van der Waals surface area contributed by atoms with Gasteiger partial charge in [-0.25, -0.2) is 0 Å². The van der Waals surface area contributed by atoms with Crippen molar-refractivity contribution in [3.63, 3.8) is 0 Å². The average molecular weight is 284 g/mol. The van der Waals surface area contributed by atoms with Gasteiger partial charge in [0.05, 0.1) is 6.10 Å². The molecule has 0 bridgehead atoms. The van der Waals surface area contributed by atoms with Crippen molar-refractivity contribution in [3.8, 4) is 22.6 Å². The summed E-state index contributed by atoms with van der Waals surface area (Å²) in [7, 11) is 0. The molecule has 21 heavy (non-hydrogen) atoms. The lowest BCUT2D eigenvalue weighted by atomic mass is 9.79. The van der Waals surface area contributed by atoms with E-state index in [2.05, 4.69) is 0 Å². The first-order valence-corrected chi connectivity index (χ1v) is 7.27. The van der Waals surface area contributed by atoms with Crippen LogP contribution in [0.2, 0.25) is 0 Å². The van der Waals surface area contributed by atoms with Gasteiger partial charge in [-0.2, -0.15) is 0 Å². The van der Waals surface area contributed by atoms with Gasteiger partial charge in [0.25, 0.3) is 0 Å². The first kappa shape index (κ1) is 14.0. The molecule has 2 aromatic carbocycles. The summed E-state index contributed by atoms with van der Waals surface area (Å²) in [5.41, 5.74) is 6.47. The minimum atomic E-state index is -0.737. The van der Waals surface area contributed by atoms with Crippen LogP contribution in [0.1, 0.15) is 40.8 Å². The number of aliphatic hydroxyl groups is 1. The topological polar surface area (TPSA) is 60.7 Å². The fraction of sp³-hybridized carbons (Fsp3) is 0.333. The summed E-state index contributed by atoms with van der Waals surface area (Å²) >= 11 is 0. The van der Waals surface area contributed by atoms with Crippen molar-refractivity contribution in [2.75, 3.05) is 0 Å². The first-order valence-electron chi connectivity index (χ1n) is 7.27. The van der Waals surface area contributed by atoms with Crippen LogP contribution in [0.25, 0.3) is 11.1 Å². The molecule has 3 nitrogen and oxygen atoms in total. The smallest absolute Gasteiger partial charge is 0.124 e. The SMILES string of the molecule is Cc1cc2c(c([C@H](C)O)c1O)-c1ccc(O)c(C)c1CC2. The quantitative estimate of drug-likeness (QED) is 0.750. The zero-order valence-corrected chi connectivity index (χ0v) is 12.6. The number of aromatic hydroxyl groups is 2. The lowest BCUT2D eigenvalue weighted by Gasteiger charge is -2.27. The monoisotopic (exact) mass is 284 g/mol. The molecule has 0 saturated carbocycles. The largest absolute Gasteiger partial charge is 0.508 e. The number of phenolic OH excluding ortho intramolecular Hbond substituents is 2. The number of hydrogen-bond acceptors (Lipinski definition) is 3. The number of fused-ring (bicyclic) bond motifs is 3. The van der Waals surface area contributed by atoms with Gasteiger partial charge in [-0.15, -0.1) is 0 Å². The highest BCUT2D eigenvalue weighted by Gasteiger charge is 2.26. The number of rotatable bonds is 1. The summed E-state index contributed by atoms with van der Waals surface area (Å²) in [5, 5.41) is 30.4. The van der Waals surface area contributed by atoms with Gasteiger partial charge in [-0.1, -0.05) is 12.1 Å². The van der Waals surface area contributed by atoms with Gasteiger partial charge < -0.3 is 15.3 Å². The van der Waals surface area contributed by atoms with E-state index in [1.807, 2.05) is 26.0 Å². The molecule has 0 heterocycles. The molecule has 0 aromatic heterocycles. The van der Waals surface area contributed by atoms with Crippen molar-refractivity contribution in [1.29, 1.82) is 0 Å². The number of hydrogen-bond donors (Lipinski definition) is 3. The molecule has 1 aliphatic rings. The number of phenols is 2. The Morgan fingerprint density at radius 2 is 1.81 bits per heavy atom. The first-order chi connectivity index (χ1) is 9.91. The average Bonchev–Trinajstić information content (AvgIpc) is 2.43. The second-order valence-electron chi connectivity index (χ2n) is 5.90. The third kappa shape index (κ3) is 2.00. The highest BCUT2D eigenvalue weighted by molar-refractivity contribution is 5.81. The van der Waals surface area contributed by atoms with E-state index in [1.165, 1.54) is 0 Å². The Hall–Kier alpha value is -2.00. The Morgan fingerprint density at radius 3 is 2.48 bits per heavy atom. The van der Waals surface area contributed by atoms with Crippen LogP contribution < -0.4 is 0 Å². The normalized spacial score (nSPS) is 14.5. The third-order valence-electron chi connectivity index (χ3n) is 4.51. The zero-order valence-electron chi connectivity index (χ0n) is 12.6. The van der Waals surface area contributed by atoms with E-state index >= 15 is 0 Å². The number of benzene rings is 2. The number of aliphatic hydroxyl groups excluding tert-OH is 1. The van der Waals surface area contributed by atoms with E-state index in [9.17, 15) is 15.3 Å². The van der Waals surface area contributed by atoms with E-state index in [0.717, 1.165) is 46.2 Å². The minimum absolute atomic E-state index is 0.169. The van der Waals surface area contributed by atoms with Crippen LogP contribution in [-0.2, 0) is 12.8 Å². The van der Waals surface area contributed by atoms with Gasteiger partial charge in [0.15, 0.2) is 0 Å². The molecule has 0 spiro atoms. The molecule has 110 valence electrons. The third-order valence-corrected chi connectivity index (χ3v) is 4.51. The maximum absolute atomic E-state index is 10.4. The predicted molar refractivity (Wildman–Crippen MR) is 82.7 cm³/mol. The van der Waals surface area contributed by atoms with Gasteiger partial charge in [0.2, 0.25) is 0 Å². The molecule has 0 aliphatic heterocycles. The fourth-order valence-corrected chi connectivity index (χ4v) is 3.39. The maximum Gasteiger partial charge on any atom is 0.124 e. The van der Waals surface area contributed by atoms with Crippen LogP contribution in [0.15, 0.2) is 18.2 Å². The minimum Gasteiger partial charge on any atom is -0.508 e. The van der Waals surface area contributed by atoms with Crippen molar-refractivity contribution < 1.29 is 15.3 Å². The zero-order chi connectivity index (χ0) is 15.3. The summed E-state index contributed by atoms with van der Waals surface area (Å²) < 4.78 is 0. The van der Waals surface area contributed by atoms with Gasteiger partial charge in [-0.05, 0) is 73.1 Å². The standard InChI is InChI=1S/C18H20O3/c1-9-8-12-4-5-13-10(2)15(20)7-6-14(13)17(12)16(11(3)19)18(9)21/h6-8,11,19-21H,4-5H2,1-3H3/t11-/m0/s1. The van der Waals surface area contributed by atoms with Crippen LogP contribution in [0.3, 0.4) is 0 Å². The van der Waals surface area contributed by atoms with Crippen molar-refractivity contribution in [3.05, 3.63) is 46.0 Å². The summed E-state index contributed by atoms with van der Waals surface area (Å²) in [6.45, 7) is 5.45. The molecule has 0 fully saturated rings. The van der Waals surface area contributed by atoms with E-state index in [0.29, 0.717) is 11.3 Å². The van der Waals surface area contributed by atoms with Crippen LogP contribution in [0.4, 0.5) is 0 Å². The lowest BCUT2D eigenvalue weighted by Crippen LogP contribution is -2.10. The van der Waals surface area contributed by atoms with Crippen molar-refractivity contribution in [2.45, 2.75) is 39.7 Å². The molecule has 1 aliphatic carbocycles. The van der Waals surface area contributed by atoms with Gasteiger partial charge in [0.1, 0.15) is 11.5 Å². The molecular weight excluding hydrogens is 264 g/mol. The molecule has 3 rings (SSSR count). The van der Waals surface area contributed by atoms with E-state index in [-0.39, 0.29) is 5.75 Å². The van der Waals surface area contributed by atoms with Crippen molar-refractivity contribution in [1.82, 2.24) is 0 Å². The fourth-order valence-electron chi connectivity index (χ4n) is 3.39. The van der Waals surface area contributed by atoms with Gasteiger partial charge in [0, 0.05) is 5.56 Å². The second-order valence-corrected chi connectivity index (χ2v) is 5.90. The van der Waals surface area contributed by atoms with Crippen molar-refractivity contribution >= 4 is 0 Å². The highest BCUT2D eigenvalue weighted by Crippen LogP contribution is 2.45. The van der Waals surface area contributed by atoms with Crippen LogP contribution in [-0.4, -0.2) is 15.3 Å². The Balaban J connectivity index is 2.39. The molecule has 0 unspecified atom stereocenters. The number of aryl methyl sites for hydroxylation is 2. The molecule has 3 N–H and O–H groups in total. The van der Waals surface area contributed by atoms with Crippen LogP contribution >= 0.6 is 0 Å². The second kappa shape index (κ2) is 4.78. The maximum atomic E-state index is 10.4. The van der Waals surface area contributed by atoms with Crippen molar-refractivity contribution in [2.24, 2.45) is 0 Å². The van der Waals surface area contributed by atoms with Gasteiger partial charge in [-0.3, -0.25) is 0 Å². The molecular formula is C18H20O3. The highest BCUT2D eigenvalue weighted by atomic mass is 16.3. The Morgan fingerprint density at radius 1 is 1.10 bits per heavy atom. The van der Waals surface area contributed by atoms with E-state index in [1.54, 1.807) is 13.0 Å². The van der Waals surface area contributed by atoms with Gasteiger partial charge >= 0.3 is 0 Å². The molecule has 0 saturated heterocycles. The van der Waals surface area contributed by atoms with Crippen LogP contribution in [0.5, 0.6) is 11.5 Å². The summed E-state index contributed by atoms with van der Waals surface area (Å²) in [5.74, 6) is 0.467. The predicted octanol–water partition coefficient (Wildman–Crippen LogP) is 3.53. The molecule has 2 aromatic rings. The molecule has 0 amide bonds. The molecule has 1 atom stereocenters. The Bertz CT molecular complexity index is 730. The Labute approximate surface area is 124 Å². The van der Waals surface area contributed by atoms with Crippen LogP contribution in [0, 0.1) is 13.8 Å². The summed E-state index contributed by atoms with van der Waals surface area (Å²) in [4.78, 5) is 0. The lowest BCUT2D eigenvalue weighted by molar-refractivity contribution is 0.195. The summed E-state index contributed by atoms with van der Waals surface area (Å²) in [6, 6.07) is 5.57. The van der Waals surface area contributed by atoms with E-state index in [4.69, 9.17) is 0 Å². The molecule has 3 heteroatoms. The van der Waals surface area contributed by atoms with E-state index < -0.39 is 6.10 Å².